The molecule has 2 aromatic carbocycles. The van der Waals surface area contributed by atoms with Crippen molar-refractivity contribution in [1.82, 2.24) is 4.90 Å². The lowest BCUT2D eigenvalue weighted by Crippen LogP contribution is -2.39. The van der Waals surface area contributed by atoms with Gasteiger partial charge >= 0.3 is 0 Å². The molecule has 2 aromatic rings. The minimum atomic E-state index is -0.371. The number of amides is 2. The molecule has 0 saturated carbocycles. The van der Waals surface area contributed by atoms with E-state index in [9.17, 15) is 14.0 Å². The van der Waals surface area contributed by atoms with E-state index in [0.29, 0.717) is 28.4 Å². The Labute approximate surface area is 164 Å². The highest BCUT2D eigenvalue weighted by Crippen LogP contribution is 2.36. The highest BCUT2D eigenvalue weighted by molar-refractivity contribution is 6.45. The fraction of sp³-hybridized carbons (Fsp3) is 0.304. The topological polar surface area (TPSA) is 40.6 Å². The average Bonchev–Trinajstić information content (AvgIpc) is 2.94. The second-order valence-corrected chi connectivity index (χ2v) is 7.71. The zero-order valence-electron chi connectivity index (χ0n) is 16.1. The summed E-state index contributed by atoms with van der Waals surface area (Å²) >= 11 is 0. The lowest BCUT2D eigenvalue weighted by Gasteiger charge is -2.33. The first-order chi connectivity index (χ1) is 13.5. The number of piperidine rings is 1. The Balaban J connectivity index is 1.82. The molecule has 2 amide bonds. The molecule has 2 aliphatic heterocycles. The lowest BCUT2D eigenvalue weighted by molar-refractivity contribution is -0.120. The van der Waals surface area contributed by atoms with Crippen molar-refractivity contribution in [3.8, 4) is 0 Å². The van der Waals surface area contributed by atoms with Gasteiger partial charge in [0.2, 0.25) is 0 Å². The van der Waals surface area contributed by atoms with Crippen LogP contribution < -0.4 is 4.90 Å². The van der Waals surface area contributed by atoms with Crippen LogP contribution in [0.25, 0.3) is 5.57 Å². The third kappa shape index (κ3) is 3.21. The minimum absolute atomic E-state index is 0.303. The smallest absolute Gasteiger partial charge is 0.282 e. The third-order valence-corrected chi connectivity index (χ3v) is 5.46. The van der Waals surface area contributed by atoms with Gasteiger partial charge in [-0.1, -0.05) is 36.8 Å². The molecule has 0 aromatic heterocycles. The number of anilines is 1. The molecule has 2 heterocycles. The molecule has 0 bridgehead atoms. The first-order valence-electron chi connectivity index (χ1n) is 9.66. The summed E-state index contributed by atoms with van der Waals surface area (Å²) in [5.41, 5.74) is 2.98. The van der Waals surface area contributed by atoms with E-state index in [4.69, 9.17) is 0 Å². The molecule has 0 aliphatic carbocycles. The summed E-state index contributed by atoms with van der Waals surface area (Å²) in [6.45, 7) is 5.59. The van der Waals surface area contributed by atoms with Crippen LogP contribution in [0.15, 0.2) is 54.2 Å². The Bertz CT molecular complexity index is 948. The van der Waals surface area contributed by atoms with Crippen LogP contribution in [0.2, 0.25) is 0 Å². The highest BCUT2D eigenvalue weighted by atomic mass is 19.1. The number of hydrogen-bond donors (Lipinski definition) is 0. The van der Waals surface area contributed by atoms with Crippen LogP contribution in [0.5, 0.6) is 0 Å². The summed E-state index contributed by atoms with van der Waals surface area (Å²) in [7, 11) is 0. The zero-order chi connectivity index (χ0) is 19.8. The van der Waals surface area contributed by atoms with Crippen LogP contribution in [-0.2, 0) is 9.59 Å². The van der Waals surface area contributed by atoms with Crippen molar-refractivity contribution in [2.45, 2.75) is 26.7 Å². The van der Waals surface area contributed by atoms with Crippen molar-refractivity contribution in [3.63, 3.8) is 0 Å². The van der Waals surface area contributed by atoms with Crippen LogP contribution >= 0.6 is 0 Å². The van der Waals surface area contributed by atoms with E-state index in [-0.39, 0.29) is 17.6 Å². The predicted octanol–water partition coefficient (Wildman–Crippen LogP) is 4.15. The second-order valence-electron chi connectivity index (χ2n) is 7.71. The summed E-state index contributed by atoms with van der Waals surface area (Å²) in [6, 6.07) is 13.1. The summed E-state index contributed by atoms with van der Waals surface area (Å²) < 4.78 is 13.4. The maximum absolute atomic E-state index is 13.4. The van der Waals surface area contributed by atoms with Crippen LogP contribution in [0.4, 0.5) is 10.1 Å². The summed E-state index contributed by atoms with van der Waals surface area (Å²) in [4.78, 5) is 30.0. The average molecular weight is 378 g/mol. The Morgan fingerprint density at radius 3 is 2.29 bits per heavy atom. The van der Waals surface area contributed by atoms with Crippen LogP contribution in [0, 0.1) is 18.7 Å². The Kier molecular flexibility index (Phi) is 4.75. The van der Waals surface area contributed by atoms with Gasteiger partial charge in [-0.25, -0.2) is 9.29 Å². The standard InChI is InChI=1S/C23H23FN2O2/c1-15-5-11-19(12-6-15)26-22(27)20(17-7-9-18(24)10-8-17)21(23(26)28)25-13-3-4-16(2)14-25/h5-12,16H,3-4,13-14H2,1-2H3. The SMILES string of the molecule is Cc1ccc(N2C(=O)C(c3ccc(F)cc3)=C(N3CCCC(C)C3)C2=O)cc1. The monoisotopic (exact) mass is 378 g/mol. The van der Waals surface area contributed by atoms with Crippen molar-refractivity contribution in [2.24, 2.45) is 5.92 Å². The summed E-state index contributed by atoms with van der Waals surface area (Å²) in [6.07, 6.45) is 2.09. The molecule has 0 spiro atoms. The lowest BCUT2D eigenvalue weighted by atomic mass is 9.98. The number of carbonyl (C=O) groups excluding carboxylic acids is 2. The molecule has 1 saturated heterocycles. The number of aryl methyl sites for hydroxylation is 1. The fourth-order valence-corrected chi connectivity index (χ4v) is 4.01. The van der Waals surface area contributed by atoms with Crippen LogP contribution in [0.3, 0.4) is 0 Å². The molecule has 144 valence electrons. The fourth-order valence-electron chi connectivity index (χ4n) is 4.01. The van der Waals surface area contributed by atoms with Gasteiger partial charge in [-0.3, -0.25) is 9.59 Å². The summed E-state index contributed by atoms with van der Waals surface area (Å²) in [5.74, 6) is -0.576. The van der Waals surface area contributed by atoms with Gasteiger partial charge in [0.1, 0.15) is 11.5 Å². The minimum Gasteiger partial charge on any atom is -0.366 e. The van der Waals surface area contributed by atoms with E-state index in [0.717, 1.165) is 31.5 Å². The van der Waals surface area contributed by atoms with E-state index in [1.807, 2.05) is 24.0 Å². The second kappa shape index (κ2) is 7.23. The molecule has 28 heavy (non-hydrogen) atoms. The van der Waals surface area contributed by atoms with E-state index in [2.05, 4.69) is 6.92 Å². The third-order valence-electron chi connectivity index (χ3n) is 5.46. The molecule has 2 aliphatic rings. The van der Waals surface area contributed by atoms with Gasteiger partial charge in [-0.15, -0.1) is 0 Å². The van der Waals surface area contributed by atoms with Crippen molar-refractivity contribution in [2.75, 3.05) is 18.0 Å². The van der Waals surface area contributed by atoms with Gasteiger partial charge in [0.15, 0.2) is 0 Å². The van der Waals surface area contributed by atoms with Gasteiger partial charge in [-0.2, -0.15) is 0 Å². The predicted molar refractivity (Wildman–Crippen MR) is 107 cm³/mol. The van der Waals surface area contributed by atoms with Gasteiger partial charge in [0.05, 0.1) is 11.3 Å². The molecule has 4 nitrogen and oxygen atoms in total. The van der Waals surface area contributed by atoms with Crippen LogP contribution in [-0.4, -0.2) is 29.8 Å². The van der Waals surface area contributed by atoms with Crippen molar-refractivity contribution >= 4 is 23.1 Å². The molecule has 1 fully saturated rings. The number of benzene rings is 2. The molecule has 5 heteroatoms. The number of imide groups is 1. The normalized spacial score (nSPS) is 20.3. The molecular formula is C23H23FN2O2. The zero-order valence-corrected chi connectivity index (χ0v) is 16.1. The van der Waals surface area contributed by atoms with Gasteiger partial charge in [0, 0.05) is 13.1 Å². The molecule has 4 rings (SSSR count). The number of rotatable bonds is 3. The van der Waals surface area contributed by atoms with E-state index >= 15 is 0 Å². The maximum atomic E-state index is 13.4. The molecular weight excluding hydrogens is 355 g/mol. The van der Waals surface area contributed by atoms with Gasteiger partial charge in [0.25, 0.3) is 11.8 Å². The Hall–Kier alpha value is -2.95. The number of carbonyl (C=O) groups is 2. The van der Waals surface area contributed by atoms with Gasteiger partial charge < -0.3 is 4.90 Å². The number of halogens is 1. The number of nitrogens with zero attached hydrogens (tertiary/aromatic N) is 2. The maximum Gasteiger partial charge on any atom is 0.282 e. The van der Waals surface area contributed by atoms with E-state index in [1.165, 1.54) is 17.0 Å². The number of likely N-dealkylation sites (tertiary alicyclic amines) is 1. The largest absolute Gasteiger partial charge is 0.366 e. The van der Waals surface area contributed by atoms with Crippen molar-refractivity contribution in [1.29, 1.82) is 0 Å². The van der Waals surface area contributed by atoms with Crippen molar-refractivity contribution in [3.05, 3.63) is 71.2 Å². The molecule has 0 radical (unpaired) electrons. The molecule has 0 N–H and O–H groups in total. The van der Waals surface area contributed by atoms with E-state index < -0.39 is 0 Å². The quantitative estimate of drug-likeness (QED) is 0.754. The van der Waals surface area contributed by atoms with E-state index in [1.54, 1.807) is 24.3 Å². The molecule has 1 atom stereocenters. The molecule has 1 unspecified atom stereocenters. The highest BCUT2D eigenvalue weighted by Gasteiger charge is 2.43. The number of hydrogen-bond acceptors (Lipinski definition) is 3. The van der Waals surface area contributed by atoms with Crippen LogP contribution in [0.1, 0.15) is 30.9 Å². The first kappa shape index (κ1) is 18.4. The Morgan fingerprint density at radius 1 is 0.964 bits per heavy atom. The Morgan fingerprint density at radius 2 is 1.64 bits per heavy atom. The van der Waals surface area contributed by atoms with Gasteiger partial charge in [-0.05, 0) is 55.5 Å². The first-order valence-corrected chi connectivity index (χ1v) is 9.66. The summed E-state index contributed by atoms with van der Waals surface area (Å²) in [5, 5.41) is 0. The van der Waals surface area contributed by atoms with Crippen molar-refractivity contribution < 1.29 is 14.0 Å².